The average molecular weight is 220 g/mol. The molecule has 2 aliphatic rings. The highest BCUT2D eigenvalue weighted by Gasteiger charge is 2.29. The third kappa shape index (κ3) is 2.76. The Hall–Kier alpha value is -0.560. The highest BCUT2D eigenvalue weighted by atomic mass is 16.3. The second-order valence-corrected chi connectivity index (χ2v) is 5.44. The van der Waals surface area contributed by atoms with E-state index in [1.807, 2.05) is 0 Å². The van der Waals surface area contributed by atoms with Gasteiger partial charge in [0.1, 0.15) is 0 Å². The van der Waals surface area contributed by atoms with Crippen LogP contribution >= 0.6 is 0 Å². The molecule has 0 bridgehead atoms. The van der Waals surface area contributed by atoms with Gasteiger partial charge in [-0.05, 0) is 43.9 Å². The van der Waals surface area contributed by atoms with Crippen molar-refractivity contribution >= 4 is 0 Å². The van der Waals surface area contributed by atoms with Crippen molar-refractivity contribution in [1.82, 2.24) is 0 Å². The van der Waals surface area contributed by atoms with Crippen molar-refractivity contribution in [1.29, 1.82) is 0 Å². The van der Waals surface area contributed by atoms with Gasteiger partial charge in [-0.2, -0.15) is 0 Å². The first-order valence-electron chi connectivity index (χ1n) is 6.75. The van der Waals surface area contributed by atoms with E-state index in [2.05, 4.69) is 26.0 Å². The van der Waals surface area contributed by atoms with Gasteiger partial charge in [0, 0.05) is 12.5 Å². The molecule has 0 spiro atoms. The lowest BCUT2D eigenvalue weighted by atomic mass is 9.76. The van der Waals surface area contributed by atoms with Gasteiger partial charge < -0.3 is 5.11 Å². The lowest BCUT2D eigenvalue weighted by Crippen LogP contribution is -2.21. The monoisotopic (exact) mass is 220 g/mol. The molecule has 1 N–H and O–H groups in total. The molecule has 1 nitrogen and oxygen atoms in total. The van der Waals surface area contributed by atoms with Gasteiger partial charge in [-0.3, -0.25) is 0 Å². The van der Waals surface area contributed by atoms with E-state index in [1.54, 1.807) is 5.57 Å². The van der Waals surface area contributed by atoms with Crippen LogP contribution in [0.4, 0.5) is 0 Å². The minimum Gasteiger partial charge on any atom is -0.396 e. The highest BCUT2D eigenvalue weighted by molar-refractivity contribution is 5.28. The van der Waals surface area contributed by atoms with Gasteiger partial charge in [0.2, 0.25) is 0 Å². The fraction of sp³-hybridized carbons (Fsp3) is 0.733. The van der Waals surface area contributed by atoms with E-state index in [1.165, 1.54) is 31.3 Å². The van der Waals surface area contributed by atoms with Crippen LogP contribution in [0.5, 0.6) is 0 Å². The Labute approximate surface area is 99.3 Å². The Morgan fingerprint density at radius 3 is 2.81 bits per heavy atom. The fourth-order valence-corrected chi connectivity index (χ4v) is 3.01. The minimum atomic E-state index is 0.344. The largest absolute Gasteiger partial charge is 0.396 e. The van der Waals surface area contributed by atoms with Crippen molar-refractivity contribution in [3.63, 3.8) is 0 Å². The van der Waals surface area contributed by atoms with Crippen LogP contribution in [0.3, 0.4) is 0 Å². The second kappa shape index (κ2) is 5.18. The Kier molecular flexibility index (Phi) is 3.86. The summed E-state index contributed by atoms with van der Waals surface area (Å²) < 4.78 is 0. The Balaban J connectivity index is 1.87. The van der Waals surface area contributed by atoms with Crippen LogP contribution in [0, 0.1) is 17.8 Å². The molecule has 0 saturated heterocycles. The van der Waals surface area contributed by atoms with Crippen molar-refractivity contribution in [2.75, 3.05) is 6.61 Å². The quantitative estimate of drug-likeness (QED) is 0.716. The summed E-state index contributed by atoms with van der Waals surface area (Å²) in [6.07, 6.45) is 10.8. The molecular formula is C15H24O. The van der Waals surface area contributed by atoms with E-state index in [0.717, 1.165) is 18.3 Å². The highest BCUT2D eigenvalue weighted by Crippen LogP contribution is 2.41. The summed E-state index contributed by atoms with van der Waals surface area (Å²) in [5.74, 6) is 2.05. The molecule has 1 saturated carbocycles. The van der Waals surface area contributed by atoms with Crippen LogP contribution in [0.1, 0.15) is 46.0 Å². The van der Waals surface area contributed by atoms with E-state index < -0.39 is 0 Å². The summed E-state index contributed by atoms with van der Waals surface area (Å²) in [5.41, 5.74) is 3.17. The van der Waals surface area contributed by atoms with E-state index in [4.69, 9.17) is 0 Å². The maximum Gasteiger partial charge on any atom is 0.0496 e. The van der Waals surface area contributed by atoms with Crippen LogP contribution in [-0.2, 0) is 0 Å². The summed E-state index contributed by atoms with van der Waals surface area (Å²) in [7, 11) is 0. The molecule has 2 rings (SSSR count). The number of aliphatic hydroxyl groups excluding tert-OH is 1. The van der Waals surface area contributed by atoms with E-state index in [9.17, 15) is 5.11 Å². The first kappa shape index (κ1) is 11.9. The molecule has 1 heteroatoms. The summed E-state index contributed by atoms with van der Waals surface area (Å²) in [4.78, 5) is 0. The third-order valence-electron chi connectivity index (χ3n) is 4.13. The van der Waals surface area contributed by atoms with Crippen molar-refractivity contribution in [2.24, 2.45) is 17.8 Å². The molecule has 0 aliphatic heterocycles. The molecule has 90 valence electrons. The van der Waals surface area contributed by atoms with Crippen molar-refractivity contribution in [2.45, 2.75) is 46.0 Å². The molecule has 16 heavy (non-hydrogen) atoms. The number of hydrogen-bond acceptors (Lipinski definition) is 1. The van der Waals surface area contributed by atoms with Crippen LogP contribution in [0.25, 0.3) is 0 Å². The van der Waals surface area contributed by atoms with Gasteiger partial charge >= 0.3 is 0 Å². The Morgan fingerprint density at radius 2 is 2.25 bits per heavy atom. The molecular weight excluding hydrogens is 196 g/mol. The van der Waals surface area contributed by atoms with Gasteiger partial charge in [0.15, 0.2) is 0 Å². The summed E-state index contributed by atoms with van der Waals surface area (Å²) in [6.45, 7) is 4.81. The molecule has 1 fully saturated rings. The molecule has 0 aromatic rings. The average Bonchev–Trinajstić information content (AvgIpc) is 2.97. The number of hydrogen-bond donors (Lipinski definition) is 1. The maximum atomic E-state index is 9.45. The van der Waals surface area contributed by atoms with Crippen molar-refractivity contribution in [3.05, 3.63) is 23.3 Å². The third-order valence-corrected chi connectivity index (χ3v) is 4.13. The smallest absolute Gasteiger partial charge is 0.0496 e. The van der Waals surface area contributed by atoms with Gasteiger partial charge in [0.05, 0.1) is 0 Å². The lowest BCUT2D eigenvalue weighted by molar-refractivity contribution is 0.198. The van der Waals surface area contributed by atoms with Gasteiger partial charge in [0.25, 0.3) is 0 Å². The van der Waals surface area contributed by atoms with Gasteiger partial charge in [-0.1, -0.05) is 37.1 Å². The van der Waals surface area contributed by atoms with E-state index >= 15 is 0 Å². The second-order valence-electron chi connectivity index (χ2n) is 5.44. The first-order valence-corrected chi connectivity index (χ1v) is 6.75. The standard InChI is InChI=1S/C15H24O/c1-3-4-13-6-5-12(9-15(13)10-16)8-14-7-11(14)2/h4,7,11-12,15-16H,3,5-6,8-10H2,1-2H3/b13-4+. The molecule has 3 atom stereocenters. The molecule has 3 unspecified atom stereocenters. The molecule has 0 amide bonds. The number of rotatable bonds is 4. The molecule has 0 heterocycles. The zero-order valence-electron chi connectivity index (χ0n) is 10.6. The summed E-state index contributed by atoms with van der Waals surface area (Å²) >= 11 is 0. The predicted molar refractivity (Wildman–Crippen MR) is 68.2 cm³/mol. The fourth-order valence-electron chi connectivity index (χ4n) is 3.01. The zero-order valence-corrected chi connectivity index (χ0v) is 10.6. The van der Waals surface area contributed by atoms with E-state index in [0.29, 0.717) is 12.5 Å². The Bertz CT molecular complexity index is 301. The van der Waals surface area contributed by atoms with Crippen LogP contribution in [-0.4, -0.2) is 11.7 Å². The van der Waals surface area contributed by atoms with Crippen LogP contribution in [0.2, 0.25) is 0 Å². The zero-order chi connectivity index (χ0) is 11.5. The van der Waals surface area contributed by atoms with Crippen molar-refractivity contribution in [3.8, 4) is 0 Å². The normalized spacial score (nSPS) is 36.3. The molecule has 2 aliphatic carbocycles. The molecule has 0 aromatic carbocycles. The minimum absolute atomic E-state index is 0.344. The molecule has 0 radical (unpaired) electrons. The first-order chi connectivity index (χ1) is 7.74. The Morgan fingerprint density at radius 1 is 1.50 bits per heavy atom. The summed E-state index contributed by atoms with van der Waals surface area (Å²) in [6, 6.07) is 0. The topological polar surface area (TPSA) is 20.2 Å². The van der Waals surface area contributed by atoms with Gasteiger partial charge in [-0.25, -0.2) is 0 Å². The van der Waals surface area contributed by atoms with Crippen LogP contribution < -0.4 is 0 Å². The lowest BCUT2D eigenvalue weighted by Gasteiger charge is -2.30. The van der Waals surface area contributed by atoms with E-state index in [-0.39, 0.29) is 0 Å². The van der Waals surface area contributed by atoms with Crippen molar-refractivity contribution < 1.29 is 5.11 Å². The van der Waals surface area contributed by atoms with Gasteiger partial charge in [-0.15, -0.1) is 0 Å². The maximum absolute atomic E-state index is 9.45. The SMILES string of the molecule is CC/C=C1\CCC(CC2=CC2C)CC1CO. The summed E-state index contributed by atoms with van der Waals surface area (Å²) in [5, 5.41) is 9.45. The predicted octanol–water partition coefficient (Wildman–Crippen LogP) is 3.70. The number of aliphatic hydroxyl groups is 1. The number of allylic oxidation sites excluding steroid dienone is 3. The van der Waals surface area contributed by atoms with Crippen LogP contribution in [0.15, 0.2) is 23.3 Å². The molecule has 0 aromatic heterocycles.